The average Bonchev–Trinajstić information content (AvgIpc) is 3.28. The van der Waals surface area contributed by atoms with Crippen molar-refractivity contribution in [1.82, 2.24) is 30.1 Å². The Kier molecular flexibility index (Phi) is 5.04. The zero-order valence-corrected chi connectivity index (χ0v) is 14.8. The number of ether oxygens (including phenoxy) is 1. The van der Waals surface area contributed by atoms with E-state index in [1.807, 2.05) is 35.2 Å². The minimum atomic E-state index is -0.0186. The van der Waals surface area contributed by atoms with Crippen LogP contribution in [0.15, 0.2) is 55.0 Å². The van der Waals surface area contributed by atoms with Crippen molar-refractivity contribution in [3.8, 4) is 11.4 Å². The van der Waals surface area contributed by atoms with E-state index in [1.165, 1.54) is 6.33 Å². The minimum absolute atomic E-state index is 0.00750. The maximum atomic E-state index is 12.8. The van der Waals surface area contributed by atoms with E-state index in [9.17, 15) is 4.79 Å². The molecule has 1 atom stereocenters. The lowest BCUT2D eigenvalue weighted by atomic mass is 9.99. The summed E-state index contributed by atoms with van der Waals surface area (Å²) in [5.41, 5.74) is 1.77. The van der Waals surface area contributed by atoms with E-state index in [0.717, 1.165) is 37.2 Å². The van der Waals surface area contributed by atoms with Gasteiger partial charge in [0.05, 0.1) is 17.4 Å². The summed E-state index contributed by atoms with van der Waals surface area (Å²) in [6.45, 7) is 0.745. The fourth-order valence-electron chi connectivity index (χ4n) is 3.31. The number of hydrogen-bond acceptors (Lipinski definition) is 6. The number of amides is 1. The van der Waals surface area contributed by atoms with Gasteiger partial charge in [-0.25, -0.2) is 4.68 Å². The summed E-state index contributed by atoms with van der Waals surface area (Å²) >= 11 is 0. The standard InChI is InChI=1S/C19H20N6O2/c26-19(24-12-4-2-6-18(24)17-5-1-3-11-20-17)13-27-16-9-7-15(8-10-16)25-14-21-22-23-25/h1,3,5,7-11,14,18H,2,4,6,12-13H2/t18-/m1/s1. The molecule has 8 heteroatoms. The van der Waals surface area contributed by atoms with Gasteiger partial charge in [0.15, 0.2) is 6.61 Å². The number of hydrogen-bond donors (Lipinski definition) is 0. The van der Waals surface area contributed by atoms with Crippen LogP contribution in [-0.4, -0.2) is 49.1 Å². The predicted octanol–water partition coefficient (Wildman–Crippen LogP) is 2.19. The van der Waals surface area contributed by atoms with Gasteiger partial charge in [-0.3, -0.25) is 9.78 Å². The van der Waals surface area contributed by atoms with E-state index in [-0.39, 0.29) is 18.6 Å². The molecule has 0 bridgehead atoms. The maximum absolute atomic E-state index is 12.8. The highest BCUT2D eigenvalue weighted by Crippen LogP contribution is 2.29. The van der Waals surface area contributed by atoms with Gasteiger partial charge in [0.2, 0.25) is 0 Å². The first kappa shape index (κ1) is 17.1. The Labute approximate surface area is 156 Å². The van der Waals surface area contributed by atoms with Gasteiger partial charge < -0.3 is 9.64 Å². The summed E-state index contributed by atoms with van der Waals surface area (Å²) in [4.78, 5) is 19.1. The summed E-state index contributed by atoms with van der Waals surface area (Å²) < 4.78 is 7.26. The SMILES string of the molecule is O=C(COc1ccc(-n2cnnn2)cc1)N1CCCC[C@@H]1c1ccccn1. The third-order valence-corrected chi connectivity index (χ3v) is 4.66. The number of aromatic nitrogens is 5. The van der Waals surface area contributed by atoms with Crippen LogP contribution in [0.2, 0.25) is 0 Å². The van der Waals surface area contributed by atoms with Crippen LogP contribution in [-0.2, 0) is 4.79 Å². The van der Waals surface area contributed by atoms with Crippen LogP contribution < -0.4 is 4.74 Å². The fourth-order valence-corrected chi connectivity index (χ4v) is 3.31. The first-order valence-electron chi connectivity index (χ1n) is 8.98. The highest BCUT2D eigenvalue weighted by Gasteiger charge is 2.28. The molecule has 1 aliphatic rings. The molecule has 3 aromatic rings. The molecule has 8 nitrogen and oxygen atoms in total. The predicted molar refractivity (Wildman–Crippen MR) is 97.2 cm³/mol. The Hall–Kier alpha value is -3.29. The highest BCUT2D eigenvalue weighted by atomic mass is 16.5. The third-order valence-electron chi connectivity index (χ3n) is 4.66. The molecule has 1 aromatic carbocycles. The zero-order valence-electron chi connectivity index (χ0n) is 14.8. The maximum Gasteiger partial charge on any atom is 0.261 e. The molecule has 3 heterocycles. The quantitative estimate of drug-likeness (QED) is 0.690. The van der Waals surface area contributed by atoms with E-state index >= 15 is 0 Å². The third kappa shape index (κ3) is 3.94. The molecule has 1 saturated heterocycles. The first-order chi connectivity index (χ1) is 13.3. The minimum Gasteiger partial charge on any atom is -0.484 e. The molecule has 0 unspecified atom stereocenters. The zero-order chi connectivity index (χ0) is 18.5. The monoisotopic (exact) mass is 364 g/mol. The van der Waals surface area contributed by atoms with Crippen molar-refractivity contribution in [2.24, 2.45) is 0 Å². The van der Waals surface area contributed by atoms with Crippen molar-refractivity contribution in [1.29, 1.82) is 0 Å². The Morgan fingerprint density at radius 1 is 1.15 bits per heavy atom. The normalized spacial score (nSPS) is 16.9. The highest BCUT2D eigenvalue weighted by molar-refractivity contribution is 5.78. The molecule has 27 heavy (non-hydrogen) atoms. The molecule has 0 spiro atoms. The van der Waals surface area contributed by atoms with Gasteiger partial charge in [-0.2, -0.15) is 0 Å². The molecular weight excluding hydrogens is 344 g/mol. The van der Waals surface area contributed by atoms with Crippen molar-refractivity contribution in [3.05, 3.63) is 60.7 Å². The van der Waals surface area contributed by atoms with Gasteiger partial charge in [0.25, 0.3) is 5.91 Å². The van der Waals surface area contributed by atoms with E-state index < -0.39 is 0 Å². The number of nitrogens with zero attached hydrogens (tertiary/aromatic N) is 6. The van der Waals surface area contributed by atoms with Crippen molar-refractivity contribution in [2.75, 3.05) is 13.2 Å². The van der Waals surface area contributed by atoms with E-state index in [1.54, 1.807) is 23.0 Å². The van der Waals surface area contributed by atoms with Crippen LogP contribution in [0.4, 0.5) is 0 Å². The van der Waals surface area contributed by atoms with E-state index in [2.05, 4.69) is 20.5 Å². The van der Waals surface area contributed by atoms with Crippen molar-refractivity contribution in [3.63, 3.8) is 0 Å². The summed E-state index contributed by atoms with van der Waals surface area (Å²) in [5, 5.41) is 11.1. The number of rotatable bonds is 5. The topological polar surface area (TPSA) is 86.0 Å². The number of pyridine rings is 1. The Morgan fingerprint density at radius 3 is 2.78 bits per heavy atom. The number of tetrazole rings is 1. The molecule has 0 radical (unpaired) electrons. The Balaban J connectivity index is 1.39. The smallest absolute Gasteiger partial charge is 0.261 e. The van der Waals surface area contributed by atoms with Gasteiger partial charge in [0.1, 0.15) is 12.1 Å². The summed E-state index contributed by atoms with van der Waals surface area (Å²) in [7, 11) is 0. The lowest BCUT2D eigenvalue weighted by Crippen LogP contribution is -2.41. The van der Waals surface area contributed by atoms with Gasteiger partial charge in [-0.15, -0.1) is 5.10 Å². The van der Waals surface area contributed by atoms with Gasteiger partial charge in [-0.1, -0.05) is 6.07 Å². The van der Waals surface area contributed by atoms with Crippen molar-refractivity contribution >= 4 is 5.91 Å². The van der Waals surface area contributed by atoms with Crippen LogP contribution in [0.5, 0.6) is 5.75 Å². The van der Waals surface area contributed by atoms with Gasteiger partial charge in [-0.05, 0) is 66.1 Å². The van der Waals surface area contributed by atoms with Crippen molar-refractivity contribution in [2.45, 2.75) is 25.3 Å². The number of carbonyl (C=O) groups is 1. The molecule has 0 saturated carbocycles. The first-order valence-corrected chi connectivity index (χ1v) is 8.98. The van der Waals surface area contributed by atoms with Gasteiger partial charge in [0, 0.05) is 12.7 Å². The second-order valence-electron chi connectivity index (χ2n) is 6.39. The molecular formula is C19H20N6O2. The second-order valence-corrected chi connectivity index (χ2v) is 6.39. The number of benzene rings is 1. The van der Waals surface area contributed by atoms with Gasteiger partial charge >= 0.3 is 0 Å². The lowest BCUT2D eigenvalue weighted by molar-refractivity contribution is -0.137. The van der Waals surface area contributed by atoms with E-state index in [0.29, 0.717) is 5.75 Å². The molecule has 1 amide bonds. The molecule has 1 fully saturated rings. The van der Waals surface area contributed by atoms with E-state index in [4.69, 9.17) is 4.74 Å². The Bertz CT molecular complexity index is 867. The summed E-state index contributed by atoms with van der Waals surface area (Å²) in [6, 6.07) is 13.1. The number of likely N-dealkylation sites (tertiary alicyclic amines) is 1. The van der Waals surface area contributed by atoms with Crippen LogP contribution in [0.1, 0.15) is 31.0 Å². The summed E-state index contributed by atoms with van der Waals surface area (Å²) in [5.74, 6) is 0.612. The molecule has 4 rings (SSSR count). The van der Waals surface area contributed by atoms with Crippen LogP contribution in [0.3, 0.4) is 0 Å². The molecule has 2 aromatic heterocycles. The molecule has 0 N–H and O–H groups in total. The summed E-state index contributed by atoms with van der Waals surface area (Å²) in [6.07, 6.45) is 6.34. The fraction of sp³-hybridized carbons (Fsp3) is 0.316. The molecule has 138 valence electrons. The van der Waals surface area contributed by atoms with Crippen molar-refractivity contribution < 1.29 is 9.53 Å². The molecule has 0 aliphatic carbocycles. The number of piperidine rings is 1. The lowest BCUT2D eigenvalue weighted by Gasteiger charge is -2.35. The Morgan fingerprint density at radius 2 is 2.04 bits per heavy atom. The van der Waals surface area contributed by atoms with Crippen LogP contribution in [0.25, 0.3) is 5.69 Å². The van der Waals surface area contributed by atoms with Crippen LogP contribution >= 0.6 is 0 Å². The molecule has 1 aliphatic heterocycles. The van der Waals surface area contributed by atoms with Crippen LogP contribution in [0, 0.1) is 0 Å². The average molecular weight is 364 g/mol. The largest absolute Gasteiger partial charge is 0.484 e. The second kappa shape index (κ2) is 7.94. The number of carbonyl (C=O) groups excluding carboxylic acids is 1.